The van der Waals surface area contributed by atoms with Crippen LogP contribution in [0, 0.1) is 0 Å². The summed E-state index contributed by atoms with van der Waals surface area (Å²) in [5, 5.41) is 5.96. The monoisotopic (exact) mass is 375 g/mol. The van der Waals surface area contributed by atoms with E-state index in [1.54, 1.807) is 22.4 Å². The van der Waals surface area contributed by atoms with Crippen molar-refractivity contribution in [3.63, 3.8) is 0 Å². The van der Waals surface area contributed by atoms with Crippen molar-refractivity contribution < 1.29 is 9.53 Å². The van der Waals surface area contributed by atoms with Gasteiger partial charge in [0.15, 0.2) is 5.13 Å². The molecule has 0 spiro atoms. The smallest absolute Gasteiger partial charge is 0.317 e. The van der Waals surface area contributed by atoms with Gasteiger partial charge in [0.2, 0.25) is 0 Å². The number of nitrogens with one attached hydrogen (secondary N) is 1. The highest BCUT2D eigenvalue weighted by atomic mass is 32.1. The molecule has 0 saturated carbocycles. The highest BCUT2D eigenvalue weighted by Crippen LogP contribution is 2.23. The summed E-state index contributed by atoms with van der Waals surface area (Å²) in [6.45, 7) is 5.70. The summed E-state index contributed by atoms with van der Waals surface area (Å²) in [5.74, 6) is 0. The summed E-state index contributed by atoms with van der Waals surface area (Å²) < 4.78 is 5.37. The van der Waals surface area contributed by atoms with Crippen LogP contribution in [0.15, 0.2) is 29.9 Å². The van der Waals surface area contributed by atoms with E-state index < -0.39 is 0 Å². The maximum atomic E-state index is 12.5. The lowest BCUT2D eigenvalue weighted by Gasteiger charge is -2.27. The Labute approximate surface area is 158 Å². The Balaban J connectivity index is 1.55. The van der Waals surface area contributed by atoms with Crippen molar-refractivity contribution in [1.29, 1.82) is 0 Å². The number of thiazole rings is 1. The average molecular weight is 375 g/mol. The number of aromatic nitrogens is 2. The minimum atomic E-state index is -0.110. The molecule has 0 aliphatic carbocycles. The Morgan fingerprint density at radius 2 is 2.27 bits per heavy atom. The van der Waals surface area contributed by atoms with Gasteiger partial charge in [-0.2, -0.15) is 0 Å². The highest BCUT2D eigenvalue weighted by Gasteiger charge is 2.20. The first-order valence-electron chi connectivity index (χ1n) is 8.86. The van der Waals surface area contributed by atoms with Crippen LogP contribution in [-0.2, 0) is 11.3 Å². The Morgan fingerprint density at radius 1 is 1.46 bits per heavy atom. The summed E-state index contributed by atoms with van der Waals surface area (Å²) in [5.41, 5.74) is 1.92. The number of hydrogen-bond acceptors (Lipinski definition) is 6. The van der Waals surface area contributed by atoms with Crippen molar-refractivity contribution >= 4 is 22.5 Å². The molecule has 0 unspecified atom stereocenters. The SMILES string of the molecule is CC[C@H](c1cccnc1)N(C)C(=O)NCc1csc(N2CCOCC2)n1. The van der Waals surface area contributed by atoms with E-state index in [9.17, 15) is 4.79 Å². The molecule has 2 aromatic rings. The second-order valence-electron chi connectivity index (χ2n) is 6.20. The largest absolute Gasteiger partial charge is 0.378 e. The molecule has 1 saturated heterocycles. The number of hydrogen-bond donors (Lipinski definition) is 1. The standard InChI is InChI=1S/C18H25N5O2S/c1-3-16(14-5-4-6-19-11-14)22(2)17(24)20-12-15-13-26-18(21-15)23-7-9-25-10-8-23/h4-6,11,13,16H,3,7-10,12H2,1-2H3,(H,20,24)/t16-/m1/s1. The lowest BCUT2D eigenvalue weighted by atomic mass is 10.1. The van der Waals surface area contributed by atoms with Crippen molar-refractivity contribution in [3.8, 4) is 0 Å². The zero-order valence-corrected chi connectivity index (χ0v) is 16.0. The third-order valence-electron chi connectivity index (χ3n) is 4.49. The molecule has 0 aromatic carbocycles. The zero-order valence-electron chi connectivity index (χ0n) is 15.2. The van der Waals surface area contributed by atoms with Crippen LogP contribution in [-0.4, -0.2) is 54.2 Å². The van der Waals surface area contributed by atoms with Gasteiger partial charge in [0.05, 0.1) is 31.5 Å². The Bertz CT molecular complexity index is 703. The average Bonchev–Trinajstić information content (AvgIpc) is 3.17. The molecule has 0 radical (unpaired) electrons. The first-order chi connectivity index (χ1) is 12.7. The Morgan fingerprint density at radius 3 is 2.96 bits per heavy atom. The maximum absolute atomic E-state index is 12.5. The Hall–Kier alpha value is -2.19. The maximum Gasteiger partial charge on any atom is 0.317 e. The fourth-order valence-corrected chi connectivity index (χ4v) is 3.90. The molecular formula is C18H25N5O2S. The molecule has 1 fully saturated rings. The number of anilines is 1. The first-order valence-corrected chi connectivity index (χ1v) is 9.74. The van der Waals surface area contributed by atoms with Gasteiger partial charge in [-0.3, -0.25) is 4.98 Å². The van der Waals surface area contributed by atoms with Crippen molar-refractivity contribution in [3.05, 3.63) is 41.2 Å². The summed E-state index contributed by atoms with van der Waals surface area (Å²) in [4.78, 5) is 25.3. The van der Waals surface area contributed by atoms with Gasteiger partial charge in [-0.1, -0.05) is 13.0 Å². The van der Waals surface area contributed by atoms with Crippen LogP contribution in [0.5, 0.6) is 0 Å². The molecule has 0 bridgehead atoms. The molecule has 140 valence electrons. The number of carbonyl (C=O) groups excluding carboxylic acids is 1. The molecule has 2 amide bonds. The van der Waals surface area contributed by atoms with Crippen LogP contribution >= 0.6 is 11.3 Å². The van der Waals surface area contributed by atoms with E-state index in [1.165, 1.54) is 0 Å². The van der Waals surface area contributed by atoms with Crippen LogP contribution in [0.1, 0.15) is 30.6 Å². The van der Waals surface area contributed by atoms with Gasteiger partial charge < -0.3 is 19.9 Å². The quantitative estimate of drug-likeness (QED) is 0.841. The molecule has 2 aromatic heterocycles. The van der Waals surface area contributed by atoms with Crippen molar-refractivity contribution in [2.75, 3.05) is 38.3 Å². The van der Waals surface area contributed by atoms with Crippen LogP contribution in [0.2, 0.25) is 0 Å². The summed E-state index contributed by atoms with van der Waals surface area (Å²) in [6, 6.07) is 3.79. The third kappa shape index (κ3) is 4.50. The van der Waals surface area contributed by atoms with Crippen LogP contribution < -0.4 is 10.2 Å². The zero-order chi connectivity index (χ0) is 18.4. The normalized spacial score (nSPS) is 15.5. The number of rotatable bonds is 6. The van der Waals surface area contributed by atoms with E-state index in [4.69, 9.17) is 4.74 Å². The fourth-order valence-electron chi connectivity index (χ4n) is 3.02. The van der Waals surface area contributed by atoms with Gasteiger partial charge in [-0.25, -0.2) is 9.78 Å². The van der Waals surface area contributed by atoms with E-state index in [0.717, 1.165) is 49.1 Å². The number of ether oxygens (including phenoxy) is 1. The predicted octanol–water partition coefficient (Wildman–Crippen LogP) is 2.67. The first kappa shape index (κ1) is 18.6. The number of pyridine rings is 1. The van der Waals surface area contributed by atoms with Crippen molar-refractivity contribution in [2.45, 2.75) is 25.9 Å². The number of carbonyl (C=O) groups is 1. The van der Waals surface area contributed by atoms with Gasteiger partial charge in [0.25, 0.3) is 0 Å². The molecule has 26 heavy (non-hydrogen) atoms. The number of nitrogens with zero attached hydrogens (tertiary/aromatic N) is 4. The minimum Gasteiger partial charge on any atom is -0.378 e. The molecular weight excluding hydrogens is 350 g/mol. The molecule has 1 aliphatic rings. The molecule has 8 heteroatoms. The van der Waals surface area contributed by atoms with Crippen LogP contribution in [0.4, 0.5) is 9.93 Å². The third-order valence-corrected chi connectivity index (χ3v) is 5.44. The Kier molecular flexibility index (Phi) is 6.40. The topological polar surface area (TPSA) is 70.6 Å². The van der Waals surface area contributed by atoms with Gasteiger partial charge in [0.1, 0.15) is 0 Å². The van der Waals surface area contributed by atoms with Gasteiger partial charge >= 0.3 is 6.03 Å². The van der Waals surface area contributed by atoms with Crippen LogP contribution in [0.25, 0.3) is 0 Å². The molecule has 3 rings (SSSR count). The second-order valence-corrected chi connectivity index (χ2v) is 7.04. The minimum absolute atomic E-state index is 0.00282. The van der Waals surface area contributed by atoms with Gasteiger partial charge in [-0.05, 0) is 18.1 Å². The van der Waals surface area contributed by atoms with E-state index in [-0.39, 0.29) is 12.1 Å². The molecule has 7 nitrogen and oxygen atoms in total. The van der Waals surface area contributed by atoms with Gasteiger partial charge in [-0.15, -0.1) is 11.3 Å². The van der Waals surface area contributed by atoms with E-state index in [2.05, 4.69) is 27.1 Å². The molecule has 1 atom stereocenters. The molecule has 1 N–H and O–H groups in total. The van der Waals surface area contributed by atoms with Gasteiger partial charge in [0, 0.05) is 37.9 Å². The fraction of sp³-hybridized carbons (Fsp3) is 0.500. The second kappa shape index (κ2) is 8.95. The van der Waals surface area contributed by atoms with Crippen LogP contribution in [0.3, 0.4) is 0 Å². The molecule has 1 aliphatic heterocycles. The lowest BCUT2D eigenvalue weighted by molar-refractivity contribution is 0.122. The number of urea groups is 1. The highest BCUT2D eigenvalue weighted by molar-refractivity contribution is 7.13. The summed E-state index contributed by atoms with van der Waals surface area (Å²) in [7, 11) is 1.82. The van der Waals surface area contributed by atoms with Crippen molar-refractivity contribution in [1.82, 2.24) is 20.2 Å². The number of amides is 2. The predicted molar refractivity (Wildman–Crippen MR) is 102 cm³/mol. The molecule has 3 heterocycles. The van der Waals surface area contributed by atoms with Crippen molar-refractivity contribution in [2.24, 2.45) is 0 Å². The van der Waals surface area contributed by atoms with E-state index in [0.29, 0.717) is 6.54 Å². The van der Waals surface area contributed by atoms with E-state index >= 15 is 0 Å². The summed E-state index contributed by atoms with van der Waals surface area (Å²) in [6.07, 6.45) is 4.38. The lowest BCUT2D eigenvalue weighted by Crippen LogP contribution is -2.39. The number of morpholine rings is 1. The summed E-state index contributed by atoms with van der Waals surface area (Å²) >= 11 is 1.61. The van der Waals surface area contributed by atoms with E-state index in [1.807, 2.05) is 30.8 Å².